The molecular weight excluding hydrogens is 188 g/mol. The Bertz CT molecular complexity index is 346. The molecule has 0 unspecified atom stereocenters. The molecule has 0 aliphatic heterocycles. The number of rotatable bonds is 4. The van der Waals surface area contributed by atoms with E-state index < -0.39 is 0 Å². The molecule has 0 aliphatic carbocycles. The van der Waals surface area contributed by atoms with Gasteiger partial charge in [-0.1, -0.05) is 36.9 Å². The molecule has 0 fully saturated rings. The van der Waals surface area contributed by atoms with Crippen molar-refractivity contribution in [3.05, 3.63) is 48.0 Å². The van der Waals surface area contributed by atoms with Crippen molar-refractivity contribution in [3.63, 3.8) is 0 Å². The third kappa shape index (κ3) is 3.22. The van der Waals surface area contributed by atoms with Gasteiger partial charge >= 0.3 is 0 Å². The molecule has 0 saturated carbocycles. The number of nitrogens with zero attached hydrogens (tertiary/aromatic N) is 1. The molecule has 1 rings (SSSR count). The van der Waals surface area contributed by atoms with Crippen LogP contribution in [0.1, 0.15) is 12.5 Å². The van der Waals surface area contributed by atoms with Gasteiger partial charge in [-0.15, -0.1) is 0 Å². The fourth-order valence-electron chi connectivity index (χ4n) is 1.29. The molecule has 0 radical (unpaired) electrons. The summed E-state index contributed by atoms with van der Waals surface area (Å²) in [6.07, 6.45) is 0. The van der Waals surface area contributed by atoms with Crippen molar-refractivity contribution in [3.8, 4) is 0 Å². The zero-order valence-corrected chi connectivity index (χ0v) is 8.94. The molecule has 0 aromatic heterocycles. The fourth-order valence-corrected chi connectivity index (χ4v) is 1.29. The maximum absolute atomic E-state index is 11.6. The lowest BCUT2D eigenvalue weighted by atomic mass is 10.2. The molecule has 3 nitrogen and oxygen atoms in total. The van der Waals surface area contributed by atoms with Crippen molar-refractivity contribution in [1.29, 1.82) is 0 Å². The van der Waals surface area contributed by atoms with Crippen LogP contribution in [-0.2, 0) is 11.3 Å². The highest BCUT2D eigenvalue weighted by atomic mass is 16.2. The number of hydrogen-bond acceptors (Lipinski definition) is 2. The van der Waals surface area contributed by atoms with Gasteiger partial charge in [-0.05, 0) is 12.5 Å². The van der Waals surface area contributed by atoms with Crippen LogP contribution < -0.4 is 5.73 Å². The minimum absolute atomic E-state index is 0.0960. The first kappa shape index (κ1) is 11.5. The Kier molecular flexibility index (Phi) is 4.06. The lowest BCUT2D eigenvalue weighted by Crippen LogP contribution is -2.35. The second-order valence-electron chi connectivity index (χ2n) is 3.45. The first-order valence-corrected chi connectivity index (χ1v) is 4.84. The van der Waals surface area contributed by atoms with E-state index in [4.69, 9.17) is 5.73 Å². The molecule has 80 valence electrons. The predicted molar refractivity (Wildman–Crippen MR) is 60.9 cm³/mol. The Labute approximate surface area is 90.2 Å². The summed E-state index contributed by atoms with van der Waals surface area (Å²) in [7, 11) is 0. The van der Waals surface area contributed by atoms with Crippen LogP contribution in [0.2, 0.25) is 0 Å². The number of carbonyl (C=O) groups excluding carboxylic acids is 1. The fraction of sp³-hybridized carbons (Fsp3) is 0.250. The average molecular weight is 204 g/mol. The monoisotopic (exact) mass is 204 g/mol. The van der Waals surface area contributed by atoms with E-state index in [9.17, 15) is 4.79 Å². The number of carbonyl (C=O) groups is 1. The van der Waals surface area contributed by atoms with Gasteiger partial charge in [0.1, 0.15) is 0 Å². The van der Waals surface area contributed by atoms with Gasteiger partial charge < -0.3 is 10.6 Å². The molecule has 0 atom stereocenters. The largest absolute Gasteiger partial charge is 0.322 e. The highest BCUT2D eigenvalue weighted by Crippen LogP contribution is 2.06. The summed E-state index contributed by atoms with van der Waals surface area (Å²) < 4.78 is 0. The molecule has 0 bridgehead atoms. The molecule has 1 amide bonds. The molecule has 3 heteroatoms. The van der Waals surface area contributed by atoms with Gasteiger partial charge in [0, 0.05) is 12.1 Å². The minimum atomic E-state index is -0.0960. The van der Waals surface area contributed by atoms with Crippen molar-refractivity contribution in [2.45, 2.75) is 13.5 Å². The molecule has 0 saturated heterocycles. The van der Waals surface area contributed by atoms with Crippen molar-refractivity contribution in [2.24, 2.45) is 5.73 Å². The molecule has 0 spiro atoms. The number of hydrogen-bond donors (Lipinski definition) is 1. The summed E-state index contributed by atoms with van der Waals surface area (Å²) in [5.74, 6) is -0.0960. The highest BCUT2D eigenvalue weighted by molar-refractivity contribution is 5.92. The van der Waals surface area contributed by atoms with E-state index in [1.807, 2.05) is 30.3 Å². The van der Waals surface area contributed by atoms with E-state index >= 15 is 0 Å². The summed E-state index contributed by atoms with van der Waals surface area (Å²) in [5.41, 5.74) is 7.10. The maximum atomic E-state index is 11.6. The summed E-state index contributed by atoms with van der Waals surface area (Å²) >= 11 is 0. The second-order valence-corrected chi connectivity index (χ2v) is 3.45. The van der Waals surface area contributed by atoms with E-state index in [-0.39, 0.29) is 12.6 Å². The van der Waals surface area contributed by atoms with Gasteiger partial charge in [0.15, 0.2) is 0 Å². The Morgan fingerprint density at radius 2 is 2.00 bits per heavy atom. The van der Waals surface area contributed by atoms with E-state index in [0.717, 1.165) is 5.56 Å². The van der Waals surface area contributed by atoms with Crippen LogP contribution in [0.3, 0.4) is 0 Å². The lowest BCUT2D eigenvalue weighted by molar-refractivity contribution is -0.127. The molecule has 0 aliphatic rings. The Morgan fingerprint density at radius 1 is 1.40 bits per heavy atom. The Balaban J connectivity index is 2.70. The lowest BCUT2D eigenvalue weighted by Gasteiger charge is -2.20. The summed E-state index contributed by atoms with van der Waals surface area (Å²) in [6, 6.07) is 9.75. The van der Waals surface area contributed by atoms with Crippen molar-refractivity contribution >= 4 is 5.91 Å². The Hall–Kier alpha value is -1.61. The molecule has 1 aromatic carbocycles. The third-order valence-corrected chi connectivity index (χ3v) is 2.09. The van der Waals surface area contributed by atoms with E-state index in [1.54, 1.807) is 11.8 Å². The normalized spacial score (nSPS) is 9.73. The number of benzene rings is 1. The van der Waals surface area contributed by atoms with Gasteiger partial charge in [-0.2, -0.15) is 0 Å². The van der Waals surface area contributed by atoms with Crippen molar-refractivity contribution < 1.29 is 4.79 Å². The van der Waals surface area contributed by atoms with E-state index in [1.165, 1.54) is 0 Å². The highest BCUT2D eigenvalue weighted by Gasteiger charge is 2.12. The average Bonchev–Trinajstić information content (AvgIpc) is 2.26. The molecule has 0 heterocycles. The standard InChI is InChI=1S/C12H16N2O/c1-10(2)12(15)14(9-13)8-11-6-4-3-5-7-11/h3-7H,1,8-9,13H2,2H3. The van der Waals surface area contributed by atoms with Crippen LogP contribution in [0.25, 0.3) is 0 Å². The van der Waals surface area contributed by atoms with Crippen LogP contribution in [0.5, 0.6) is 0 Å². The minimum Gasteiger partial charge on any atom is -0.322 e. The molecule has 15 heavy (non-hydrogen) atoms. The van der Waals surface area contributed by atoms with Crippen LogP contribution in [0.15, 0.2) is 42.5 Å². The van der Waals surface area contributed by atoms with E-state index in [0.29, 0.717) is 12.1 Å². The van der Waals surface area contributed by atoms with Gasteiger partial charge in [0.2, 0.25) is 5.91 Å². The molecule has 1 aromatic rings. The maximum Gasteiger partial charge on any atom is 0.250 e. The predicted octanol–water partition coefficient (Wildman–Crippen LogP) is 1.51. The van der Waals surface area contributed by atoms with Crippen molar-refractivity contribution in [2.75, 3.05) is 6.67 Å². The van der Waals surface area contributed by atoms with E-state index in [2.05, 4.69) is 6.58 Å². The number of amides is 1. The van der Waals surface area contributed by atoms with Gasteiger partial charge in [-0.25, -0.2) is 0 Å². The Morgan fingerprint density at radius 3 is 2.47 bits per heavy atom. The zero-order chi connectivity index (χ0) is 11.3. The number of nitrogens with two attached hydrogens (primary N) is 1. The van der Waals surface area contributed by atoms with Gasteiger partial charge in [0.25, 0.3) is 0 Å². The first-order chi connectivity index (χ1) is 7.15. The smallest absolute Gasteiger partial charge is 0.250 e. The van der Waals surface area contributed by atoms with Crippen LogP contribution in [-0.4, -0.2) is 17.5 Å². The zero-order valence-electron chi connectivity index (χ0n) is 8.94. The topological polar surface area (TPSA) is 46.3 Å². The summed E-state index contributed by atoms with van der Waals surface area (Å²) in [4.78, 5) is 13.2. The van der Waals surface area contributed by atoms with Crippen LogP contribution in [0, 0.1) is 0 Å². The SMILES string of the molecule is C=C(C)C(=O)N(CN)Cc1ccccc1. The van der Waals surface area contributed by atoms with Crippen LogP contribution in [0.4, 0.5) is 0 Å². The second kappa shape index (κ2) is 5.32. The summed E-state index contributed by atoms with van der Waals surface area (Å²) in [6.45, 7) is 6.05. The van der Waals surface area contributed by atoms with Crippen molar-refractivity contribution in [1.82, 2.24) is 4.90 Å². The third-order valence-electron chi connectivity index (χ3n) is 2.09. The van der Waals surface area contributed by atoms with Crippen LogP contribution >= 0.6 is 0 Å². The van der Waals surface area contributed by atoms with Gasteiger partial charge in [-0.3, -0.25) is 4.79 Å². The summed E-state index contributed by atoms with van der Waals surface area (Å²) in [5, 5.41) is 0. The molecule has 2 N–H and O–H groups in total. The molecular formula is C12H16N2O. The first-order valence-electron chi connectivity index (χ1n) is 4.84. The quantitative estimate of drug-likeness (QED) is 0.597. The van der Waals surface area contributed by atoms with Gasteiger partial charge in [0.05, 0.1) is 6.67 Å².